The summed E-state index contributed by atoms with van der Waals surface area (Å²) in [6.07, 6.45) is 0.900. The van der Waals surface area contributed by atoms with E-state index in [-0.39, 0.29) is 10.6 Å². The van der Waals surface area contributed by atoms with Gasteiger partial charge in [-0.25, -0.2) is 8.42 Å². The molecule has 0 spiro atoms. The molecule has 0 aliphatic heterocycles. The third kappa shape index (κ3) is 3.76. The van der Waals surface area contributed by atoms with Crippen LogP contribution in [0, 0.1) is 6.92 Å². The average molecular weight is 335 g/mol. The lowest BCUT2D eigenvalue weighted by atomic mass is 10.1. The molecule has 23 heavy (non-hydrogen) atoms. The molecule has 2 rings (SSSR count). The second kappa shape index (κ2) is 6.91. The van der Waals surface area contributed by atoms with Crippen molar-refractivity contribution in [2.24, 2.45) is 0 Å². The van der Waals surface area contributed by atoms with Crippen molar-refractivity contribution in [3.05, 3.63) is 47.5 Å². The summed E-state index contributed by atoms with van der Waals surface area (Å²) in [5.41, 5.74) is 2.58. The van der Waals surface area contributed by atoms with Gasteiger partial charge < -0.3 is 9.47 Å². The van der Waals surface area contributed by atoms with E-state index in [9.17, 15) is 8.42 Å². The van der Waals surface area contributed by atoms with Gasteiger partial charge in [0.15, 0.2) is 0 Å². The number of hydrogen-bond donors (Lipinski definition) is 1. The second-order valence-electron chi connectivity index (χ2n) is 5.13. The van der Waals surface area contributed by atoms with Gasteiger partial charge in [-0.15, -0.1) is 0 Å². The molecule has 124 valence electrons. The number of benzene rings is 2. The van der Waals surface area contributed by atoms with Crippen LogP contribution in [-0.4, -0.2) is 22.6 Å². The monoisotopic (exact) mass is 335 g/mol. The van der Waals surface area contributed by atoms with Gasteiger partial charge in [-0.05, 0) is 42.7 Å². The summed E-state index contributed by atoms with van der Waals surface area (Å²) in [5.74, 6) is 0.713. The number of hydrogen-bond acceptors (Lipinski definition) is 4. The Kier molecular flexibility index (Phi) is 5.15. The van der Waals surface area contributed by atoms with E-state index < -0.39 is 10.0 Å². The smallest absolute Gasteiger partial charge is 0.265 e. The van der Waals surface area contributed by atoms with E-state index in [1.54, 1.807) is 18.2 Å². The van der Waals surface area contributed by atoms with Crippen LogP contribution in [0.15, 0.2) is 41.3 Å². The van der Waals surface area contributed by atoms with Crippen LogP contribution in [-0.2, 0) is 16.4 Å². The van der Waals surface area contributed by atoms with Crippen molar-refractivity contribution in [2.45, 2.75) is 25.2 Å². The topological polar surface area (TPSA) is 64.6 Å². The maximum Gasteiger partial charge on any atom is 0.265 e. The molecule has 0 unspecified atom stereocenters. The van der Waals surface area contributed by atoms with E-state index in [1.807, 2.05) is 19.1 Å². The van der Waals surface area contributed by atoms with E-state index in [1.165, 1.54) is 20.3 Å². The lowest BCUT2D eigenvalue weighted by Crippen LogP contribution is -2.15. The largest absolute Gasteiger partial charge is 0.497 e. The summed E-state index contributed by atoms with van der Waals surface area (Å²) >= 11 is 0. The van der Waals surface area contributed by atoms with Crippen LogP contribution in [0.1, 0.15) is 18.1 Å². The van der Waals surface area contributed by atoms with Crippen LogP contribution < -0.4 is 14.2 Å². The fourth-order valence-electron chi connectivity index (χ4n) is 2.25. The Morgan fingerprint density at radius 2 is 1.78 bits per heavy atom. The molecule has 5 nitrogen and oxygen atoms in total. The Morgan fingerprint density at radius 3 is 2.35 bits per heavy atom. The first kappa shape index (κ1) is 17.1. The molecule has 0 saturated heterocycles. The molecule has 2 aromatic carbocycles. The molecular weight excluding hydrogens is 314 g/mol. The van der Waals surface area contributed by atoms with Crippen LogP contribution in [0.2, 0.25) is 0 Å². The molecule has 2 aromatic rings. The lowest BCUT2D eigenvalue weighted by molar-refractivity contribution is 0.392. The normalized spacial score (nSPS) is 11.1. The standard InChI is InChI=1S/C17H21NO4S/c1-5-13-6-8-15(12(2)10-13)18-23(19,20)17-11-14(21-3)7-9-16(17)22-4/h6-11,18H,5H2,1-4H3. The summed E-state index contributed by atoms with van der Waals surface area (Å²) in [5, 5.41) is 0. The number of rotatable bonds is 6. The third-order valence-corrected chi connectivity index (χ3v) is 4.99. The first-order valence-corrected chi connectivity index (χ1v) is 8.74. The predicted octanol–water partition coefficient (Wildman–Crippen LogP) is 3.38. The third-order valence-electron chi connectivity index (χ3n) is 3.60. The number of ether oxygens (including phenoxy) is 2. The molecule has 0 bridgehead atoms. The van der Waals surface area contributed by atoms with E-state index in [4.69, 9.17) is 9.47 Å². The zero-order chi connectivity index (χ0) is 17.0. The summed E-state index contributed by atoms with van der Waals surface area (Å²) < 4.78 is 38.3. The van der Waals surface area contributed by atoms with Crippen molar-refractivity contribution in [3.63, 3.8) is 0 Å². The van der Waals surface area contributed by atoms with E-state index in [0.717, 1.165) is 17.5 Å². The van der Waals surface area contributed by atoms with Gasteiger partial charge in [0, 0.05) is 6.07 Å². The molecule has 0 aliphatic carbocycles. The minimum absolute atomic E-state index is 0.0401. The highest BCUT2D eigenvalue weighted by Gasteiger charge is 2.21. The molecule has 0 heterocycles. The Labute approximate surface area is 137 Å². The van der Waals surface area contributed by atoms with Crippen molar-refractivity contribution >= 4 is 15.7 Å². The van der Waals surface area contributed by atoms with Gasteiger partial charge in [0.25, 0.3) is 10.0 Å². The van der Waals surface area contributed by atoms with Crippen LogP contribution in [0.25, 0.3) is 0 Å². The van der Waals surface area contributed by atoms with Gasteiger partial charge in [0.2, 0.25) is 0 Å². The van der Waals surface area contributed by atoms with E-state index in [2.05, 4.69) is 11.6 Å². The molecule has 1 N–H and O–H groups in total. The van der Waals surface area contributed by atoms with Gasteiger partial charge in [0.1, 0.15) is 16.4 Å². The van der Waals surface area contributed by atoms with E-state index >= 15 is 0 Å². The number of anilines is 1. The van der Waals surface area contributed by atoms with Crippen LogP contribution in [0.3, 0.4) is 0 Å². The maximum atomic E-state index is 12.7. The summed E-state index contributed by atoms with van der Waals surface area (Å²) in [4.78, 5) is 0.0401. The lowest BCUT2D eigenvalue weighted by Gasteiger charge is -2.14. The highest BCUT2D eigenvalue weighted by atomic mass is 32.2. The SMILES string of the molecule is CCc1ccc(NS(=O)(=O)c2cc(OC)ccc2OC)c(C)c1. The van der Waals surface area contributed by atoms with Gasteiger partial charge >= 0.3 is 0 Å². The first-order valence-electron chi connectivity index (χ1n) is 7.25. The molecule has 0 aliphatic rings. The molecular formula is C17H21NO4S. The Morgan fingerprint density at radius 1 is 1.04 bits per heavy atom. The molecule has 0 amide bonds. The zero-order valence-electron chi connectivity index (χ0n) is 13.7. The summed E-state index contributed by atoms with van der Waals surface area (Å²) in [6, 6.07) is 10.3. The second-order valence-corrected chi connectivity index (χ2v) is 6.78. The maximum absolute atomic E-state index is 12.7. The fraction of sp³-hybridized carbons (Fsp3) is 0.294. The minimum atomic E-state index is -3.79. The van der Waals surface area contributed by atoms with Crippen LogP contribution in [0.5, 0.6) is 11.5 Å². The molecule has 0 atom stereocenters. The molecule has 0 fully saturated rings. The van der Waals surface area contributed by atoms with Gasteiger partial charge in [-0.1, -0.05) is 19.1 Å². The van der Waals surface area contributed by atoms with Crippen molar-refractivity contribution in [3.8, 4) is 11.5 Å². The number of methoxy groups -OCH3 is 2. The Hall–Kier alpha value is -2.21. The van der Waals surface area contributed by atoms with Gasteiger partial charge in [0.05, 0.1) is 19.9 Å². The highest BCUT2D eigenvalue weighted by Crippen LogP contribution is 2.30. The first-order chi connectivity index (χ1) is 10.9. The van der Waals surface area contributed by atoms with E-state index in [0.29, 0.717) is 11.4 Å². The van der Waals surface area contributed by atoms with Crippen LogP contribution >= 0.6 is 0 Å². The average Bonchev–Trinajstić information content (AvgIpc) is 2.55. The van der Waals surface area contributed by atoms with Gasteiger partial charge in [-0.3, -0.25) is 4.72 Å². The number of aryl methyl sites for hydroxylation is 2. The van der Waals surface area contributed by atoms with Crippen molar-refractivity contribution in [1.82, 2.24) is 0 Å². The summed E-state index contributed by atoms with van der Waals surface area (Å²) in [7, 11) is -0.868. The number of nitrogens with one attached hydrogen (secondary N) is 1. The quantitative estimate of drug-likeness (QED) is 0.879. The fourth-order valence-corrected chi connectivity index (χ4v) is 3.57. The zero-order valence-corrected chi connectivity index (χ0v) is 14.5. The predicted molar refractivity (Wildman–Crippen MR) is 90.9 cm³/mol. The van der Waals surface area contributed by atoms with Crippen molar-refractivity contribution < 1.29 is 17.9 Å². The Bertz CT molecular complexity index is 800. The van der Waals surface area contributed by atoms with Crippen molar-refractivity contribution in [2.75, 3.05) is 18.9 Å². The summed E-state index contributed by atoms with van der Waals surface area (Å²) in [6.45, 7) is 3.93. The minimum Gasteiger partial charge on any atom is -0.497 e. The molecule has 0 aromatic heterocycles. The van der Waals surface area contributed by atoms with Crippen molar-refractivity contribution in [1.29, 1.82) is 0 Å². The van der Waals surface area contributed by atoms with Gasteiger partial charge in [-0.2, -0.15) is 0 Å². The molecule has 6 heteroatoms. The van der Waals surface area contributed by atoms with Crippen LogP contribution in [0.4, 0.5) is 5.69 Å². The molecule has 0 saturated carbocycles. The number of sulfonamides is 1. The highest BCUT2D eigenvalue weighted by molar-refractivity contribution is 7.92. The Balaban J connectivity index is 2.43. The molecule has 0 radical (unpaired) electrons.